The fourth-order valence-electron chi connectivity index (χ4n) is 6.08. The van der Waals surface area contributed by atoms with Crippen molar-refractivity contribution in [3.63, 3.8) is 0 Å². The molecule has 0 radical (unpaired) electrons. The lowest BCUT2D eigenvalue weighted by Crippen LogP contribution is -2.45. The number of ether oxygens (including phenoxy) is 1. The maximum absolute atomic E-state index is 12.5. The van der Waals surface area contributed by atoms with Crippen LogP contribution in [0.25, 0.3) is 39.4 Å². The van der Waals surface area contributed by atoms with Crippen molar-refractivity contribution in [3.05, 3.63) is 88.4 Å². The summed E-state index contributed by atoms with van der Waals surface area (Å²) < 4.78 is 7.77. The summed E-state index contributed by atoms with van der Waals surface area (Å²) in [7, 11) is 1.82. The summed E-state index contributed by atoms with van der Waals surface area (Å²) in [6, 6.07) is 20.1. The Balaban J connectivity index is 1.17. The summed E-state index contributed by atoms with van der Waals surface area (Å²) in [5, 5.41) is 1.08. The summed E-state index contributed by atoms with van der Waals surface area (Å²) in [5.74, 6) is 0.898. The number of rotatable bonds is 6. The molecule has 1 fully saturated rings. The maximum Gasteiger partial charge on any atom is 0.254 e. The first-order valence-corrected chi connectivity index (χ1v) is 13.8. The number of aromatic nitrogens is 2. The third-order valence-electron chi connectivity index (χ3n) is 8.27. The summed E-state index contributed by atoms with van der Waals surface area (Å²) >= 11 is 0. The van der Waals surface area contributed by atoms with Crippen LogP contribution in [0.3, 0.4) is 0 Å². The van der Waals surface area contributed by atoms with Crippen molar-refractivity contribution in [1.29, 1.82) is 0 Å². The highest BCUT2D eigenvalue weighted by molar-refractivity contribution is 5.88. The van der Waals surface area contributed by atoms with Gasteiger partial charge in [0.15, 0.2) is 0 Å². The van der Waals surface area contributed by atoms with Crippen LogP contribution in [0, 0.1) is 0 Å². The van der Waals surface area contributed by atoms with E-state index >= 15 is 0 Å². The molecule has 5 nitrogen and oxygen atoms in total. The molecule has 3 heterocycles. The van der Waals surface area contributed by atoms with E-state index in [1.54, 1.807) is 4.57 Å². The van der Waals surface area contributed by atoms with E-state index in [1.807, 2.05) is 25.4 Å². The quantitative estimate of drug-likeness (QED) is 0.301. The van der Waals surface area contributed by atoms with E-state index in [4.69, 9.17) is 9.72 Å². The number of allylic oxidation sites excluding steroid dienone is 1. The van der Waals surface area contributed by atoms with Crippen LogP contribution in [0.4, 0.5) is 0 Å². The molecular weight excluding hydrogens is 470 g/mol. The van der Waals surface area contributed by atoms with E-state index in [0.29, 0.717) is 25.1 Å². The zero-order chi connectivity index (χ0) is 26.2. The molecule has 2 aromatic heterocycles. The standard InChI is InChI=1S/C33H35N3O2/c1-22-6-4-7-23(2)36(22)18-19-38-27-14-10-24(11-15-27)31-17-13-26-20-25(12-16-32(26)34-31)30-21-35(3)33(37)29-9-5-8-28(29)30/h5,8,10-17,20-23H,4,6-7,9,18-19H2,1-3H3/t22-,23+. The lowest BCUT2D eigenvalue weighted by Gasteiger charge is -2.38. The first kappa shape index (κ1) is 24.6. The van der Waals surface area contributed by atoms with Crippen molar-refractivity contribution in [2.45, 2.75) is 51.6 Å². The van der Waals surface area contributed by atoms with Gasteiger partial charge in [0, 0.05) is 53.9 Å². The van der Waals surface area contributed by atoms with Gasteiger partial charge in [-0.2, -0.15) is 0 Å². The monoisotopic (exact) mass is 505 g/mol. The topological polar surface area (TPSA) is 47.4 Å². The van der Waals surface area contributed by atoms with Gasteiger partial charge in [-0.05, 0) is 86.7 Å². The number of fused-ring (bicyclic) bond motifs is 2. The van der Waals surface area contributed by atoms with Gasteiger partial charge in [-0.15, -0.1) is 0 Å². The lowest BCUT2D eigenvalue weighted by atomic mass is 9.98. The second kappa shape index (κ2) is 10.2. The molecule has 0 saturated carbocycles. The lowest BCUT2D eigenvalue weighted by molar-refractivity contribution is 0.0851. The number of aryl methyl sites for hydroxylation is 1. The van der Waals surface area contributed by atoms with E-state index < -0.39 is 0 Å². The number of benzene rings is 2. The molecule has 194 valence electrons. The Labute approximate surface area is 224 Å². The molecule has 0 bridgehead atoms. The van der Waals surface area contributed by atoms with Gasteiger partial charge in [-0.3, -0.25) is 9.69 Å². The summed E-state index contributed by atoms with van der Waals surface area (Å²) in [6.07, 6.45) is 10.7. The van der Waals surface area contributed by atoms with Crippen molar-refractivity contribution >= 4 is 17.0 Å². The molecule has 6 rings (SSSR count). The van der Waals surface area contributed by atoms with Crippen molar-refractivity contribution in [2.75, 3.05) is 13.2 Å². The van der Waals surface area contributed by atoms with Crippen LogP contribution >= 0.6 is 0 Å². The predicted molar refractivity (Wildman–Crippen MR) is 156 cm³/mol. The van der Waals surface area contributed by atoms with Gasteiger partial charge in [0.2, 0.25) is 0 Å². The minimum atomic E-state index is 0.0865. The number of pyridine rings is 2. The minimum Gasteiger partial charge on any atom is -0.492 e. The van der Waals surface area contributed by atoms with E-state index in [1.165, 1.54) is 19.3 Å². The SMILES string of the molecule is C[C@@H]1CCC[C@H](C)N1CCOc1ccc(-c2ccc3cc(-c4cn(C)c(=O)c5c4C=CC5)ccc3n2)cc1. The number of hydrogen-bond acceptors (Lipinski definition) is 4. The molecule has 1 aliphatic carbocycles. The highest BCUT2D eigenvalue weighted by atomic mass is 16.5. The summed E-state index contributed by atoms with van der Waals surface area (Å²) in [6.45, 7) is 6.34. The van der Waals surface area contributed by atoms with E-state index in [2.05, 4.69) is 73.4 Å². The number of hydrogen-bond donors (Lipinski definition) is 0. The molecule has 1 saturated heterocycles. The third-order valence-corrected chi connectivity index (χ3v) is 8.27. The van der Waals surface area contributed by atoms with E-state index in [-0.39, 0.29) is 5.56 Å². The molecule has 0 N–H and O–H groups in total. The van der Waals surface area contributed by atoms with Crippen LogP contribution in [0.5, 0.6) is 5.75 Å². The van der Waals surface area contributed by atoms with E-state index in [9.17, 15) is 4.79 Å². The molecule has 0 unspecified atom stereocenters. The van der Waals surface area contributed by atoms with Gasteiger partial charge in [0.05, 0.1) is 11.2 Å². The molecule has 2 aromatic carbocycles. The normalized spacial score (nSPS) is 19.1. The van der Waals surface area contributed by atoms with Crippen molar-refractivity contribution in [3.8, 4) is 28.1 Å². The molecule has 0 amide bonds. The van der Waals surface area contributed by atoms with Crippen LogP contribution < -0.4 is 10.3 Å². The smallest absolute Gasteiger partial charge is 0.254 e. The zero-order valence-electron chi connectivity index (χ0n) is 22.5. The van der Waals surface area contributed by atoms with Gasteiger partial charge in [0.1, 0.15) is 12.4 Å². The van der Waals surface area contributed by atoms with Gasteiger partial charge in [-0.25, -0.2) is 4.98 Å². The highest BCUT2D eigenvalue weighted by Crippen LogP contribution is 2.32. The van der Waals surface area contributed by atoms with Crippen molar-refractivity contribution in [2.24, 2.45) is 7.05 Å². The number of nitrogens with zero attached hydrogens (tertiary/aromatic N) is 3. The Morgan fingerprint density at radius 2 is 1.74 bits per heavy atom. The Kier molecular flexibility index (Phi) is 6.62. The van der Waals surface area contributed by atoms with Crippen LogP contribution in [0.1, 0.15) is 44.2 Å². The number of likely N-dealkylation sites (tertiary alicyclic amines) is 1. The molecule has 0 spiro atoms. The molecule has 38 heavy (non-hydrogen) atoms. The van der Waals surface area contributed by atoms with Gasteiger partial charge in [-0.1, -0.05) is 30.7 Å². The van der Waals surface area contributed by atoms with Crippen LogP contribution in [0.2, 0.25) is 0 Å². The molecule has 2 atom stereocenters. The Hall–Kier alpha value is -3.70. The first-order chi connectivity index (χ1) is 18.5. The molecule has 4 aromatic rings. The van der Waals surface area contributed by atoms with Gasteiger partial charge < -0.3 is 9.30 Å². The minimum absolute atomic E-state index is 0.0865. The second-order valence-electron chi connectivity index (χ2n) is 10.8. The van der Waals surface area contributed by atoms with Crippen molar-refractivity contribution < 1.29 is 4.74 Å². The molecular formula is C33H35N3O2. The van der Waals surface area contributed by atoms with Crippen LogP contribution in [0.15, 0.2) is 71.7 Å². The zero-order valence-corrected chi connectivity index (χ0v) is 22.5. The fourth-order valence-corrected chi connectivity index (χ4v) is 6.08. The molecule has 2 aliphatic rings. The average molecular weight is 506 g/mol. The molecule has 1 aliphatic heterocycles. The Bertz CT molecular complexity index is 1560. The van der Waals surface area contributed by atoms with Crippen LogP contribution in [-0.4, -0.2) is 39.7 Å². The second-order valence-corrected chi connectivity index (χ2v) is 10.8. The summed E-state index contributed by atoms with van der Waals surface area (Å²) in [5.41, 5.74) is 7.15. The van der Waals surface area contributed by atoms with Crippen molar-refractivity contribution in [1.82, 2.24) is 14.5 Å². The highest BCUT2D eigenvalue weighted by Gasteiger charge is 2.24. The maximum atomic E-state index is 12.5. The Morgan fingerprint density at radius 1 is 0.974 bits per heavy atom. The Morgan fingerprint density at radius 3 is 2.53 bits per heavy atom. The van der Waals surface area contributed by atoms with Gasteiger partial charge >= 0.3 is 0 Å². The third kappa shape index (κ3) is 4.67. The number of piperidine rings is 1. The molecule has 5 heteroatoms. The summed E-state index contributed by atoms with van der Waals surface area (Å²) in [4.78, 5) is 20.0. The van der Waals surface area contributed by atoms with E-state index in [0.717, 1.165) is 56.7 Å². The average Bonchev–Trinajstić information content (AvgIpc) is 3.43. The largest absolute Gasteiger partial charge is 0.492 e. The van der Waals surface area contributed by atoms with Crippen LogP contribution in [-0.2, 0) is 13.5 Å². The first-order valence-electron chi connectivity index (χ1n) is 13.8. The van der Waals surface area contributed by atoms with Gasteiger partial charge in [0.25, 0.3) is 5.56 Å². The fraction of sp³-hybridized carbons (Fsp3) is 0.333. The predicted octanol–water partition coefficient (Wildman–Crippen LogP) is 6.48.